The van der Waals surface area contributed by atoms with Crippen LogP contribution in [0.2, 0.25) is 5.15 Å². The Morgan fingerprint density at radius 2 is 2.42 bits per heavy atom. The van der Waals surface area contributed by atoms with Gasteiger partial charge < -0.3 is 20.3 Å². The highest BCUT2D eigenvalue weighted by atomic mass is 35.5. The molecule has 0 saturated carbocycles. The van der Waals surface area contributed by atoms with Crippen molar-refractivity contribution in [3.05, 3.63) is 22.8 Å². The number of nitrogens with one attached hydrogen (secondary N) is 1. The monoisotopic (exact) mass is 286 g/mol. The van der Waals surface area contributed by atoms with Crippen molar-refractivity contribution in [2.45, 2.75) is 25.0 Å². The summed E-state index contributed by atoms with van der Waals surface area (Å²) < 4.78 is 5.31. The number of carboxylic acids is 1. The summed E-state index contributed by atoms with van der Waals surface area (Å²) in [5.41, 5.74) is -1.01. The van der Waals surface area contributed by atoms with Crippen LogP contribution in [-0.4, -0.2) is 46.0 Å². The average Bonchev–Trinajstić information content (AvgIpc) is 2.67. The van der Waals surface area contributed by atoms with Crippen LogP contribution < -0.4 is 5.32 Å². The number of carbonyl (C=O) groups is 1. The van der Waals surface area contributed by atoms with E-state index in [9.17, 15) is 9.90 Å². The molecule has 7 heteroatoms. The van der Waals surface area contributed by atoms with Gasteiger partial charge in [0.05, 0.1) is 6.10 Å². The predicted octanol–water partition coefficient (Wildman–Crippen LogP) is 1.39. The number of nitrogens with zero attached hydrogens (tertiary/aromatic N) is 1. The molecule has 2 atom stereocenters. The number of carboxylic acid groups (broad SMARTS) is 1. The molecule has 0 radical (unpaired) electrons. The SMILES string of the molecule is CC1OCCC1(O)CNc1nc(Cl)ccc1C(=O)O. The summed E-state index contributed by atoms with van der Waals surface area (Å²) in [4.78, 5) is 15.0. The Bertz CT molecular complexity index is 497. The minimum atomic E-state index is -1.10. The van der Waals surface area contributed by atoms with Crippen LogP contribution >= 0.6 is 11.6 Å². The maximum atomic E-state index is 11.1. The molecule has 1 aliphatic heterocycles. The summed E-state index contributed by atoms with van der Waals surface area (Å²) in [5.74, 6) is -0.957. The molecule has 0 aromatic carbocycles. The molecule has 1 aliphatic rings. The Morgan fingerprint density at radius 1 is 1.68 bits per heavy atom. The molecular formula is C12H15ClN2O4. The number of aliphatic hydroxyl groups is 1. The number of rotatable bonds is 4. The van der Waals surface area contributed by atoms with E-state index in [0.29, 0.717) is 13.0 Å². The van der Waals surface area contributed by atoms with Crippen LogP contribution in [0, 0.1) is 0 Å². The van der Waals surface area contributed by atoms with E-state index < -0.39 is 11.6 Å². The number of anilines is 1. The molecule has 6 nitrogen and oxygen atoms in total. The zero-order chi connectivity index (χ0) is 14.0. The Hall–Kier alpha value is -1.37. The first-order valence-corrected chi connectivity index (χ1v) is 6.28. The van der Waals surface area contributed by atoms with E-state index in [1.807, 2.05) is 0 Å². The third kappa shape index (κ3) is 2.97. The second kappa shape index (κ2) is 5.32. The second-order valence-electron chi connectivity index (χ2n) is 4.56. The lowest BCUT2D eigenvalue weighted by Gasteiger charge is -2.26. The van der Waals surface area contributed by atoms with Crippen molar-refractivity contribution in [3.63, 3.8) is 0 Å². The van der Waals surface area contributed by atoms with Crippen LogP contribution in [0.15, 0.2) is 12.1 Å². The van der Waals surface area contributed by atoms with Crippen LogP contribution in [0.1, 0.15) is 23.7 Å². The van der Waals surface area contributed by atoms with Crippen LogP contribution in [-0.2, 0) is 4.74 Å². The molecule has 2 heterocycles. The first-order valence-electron chi connectivity index (χ1n) is 5.90. The normalized spacial score (nSPS) is 26.4. The minimum Gasteiger partial charge on any atom is -0.478 e. The summed E-state index contributed by atoms with van der Waals surface area (Å²) >= 11 is 5.75. The third-order valence-corrected chi connectivity index (χ3v) is 3.52. The molecule has 2 unspecified atom stereocenters. The largest absolute Gasteiger partial charge is 0.478 e. The number of hydrogen-bond donors (Lipinski definition) is 3. The van der Waals surface area contributed by atoms with Crippen molar-refractivity contribution in [2.24, 2.45) is 0 Å². The first-order chi connectivity index (χ1) is 8.92. The molecule has 19 heavy (non-hydrogen) atoms. The van der Waals surface area contributed by atoms with Gasteiger partial charge in [-0.1, -0.05) is 11.6 Å². The summed E-state index contributed by atoms with van der Waals surface area (Å²) in [6.07, 6.45) is 0.178. The molecule has 1 fully saturated rings. The van der Waals surface area contributed by atoms with E-state index in [0.717, 1.165) is 0 Å². The molecule has 0 amide bonds. The number of aromatic carboxylic acids is 1. The van der Waals surface area contributed by atoms with Crippen LogP contribution in [0.25, 0.3) is 0 Å². The number of aromatic nitrogens is 1. The van der Waals surface area contributed by atoms with Gasteiger partial charge in [0.2, 0.25) is 0 Å². The van der Waals surface area contributed by atoms with E-state index in [4.69, 9.17) is 21.4 Å². The predicted molar refractivity (Wildman–Crippen MR) is 69.7 cm³/mol. The van der Waals surface area contributed by atoms with Crippen LogP contribution in [0.4, 0.5) is 5.82 Å². The van der Waals surface area contributed by atoms with E-state index in [2.05, 4.69) is 10.3 Å². The van der Waals surface area contributed by atoms with Crippen LogP contribution in [0.3, 0.4) is 0 Å². The van der Waals surface area contributed by atoms with E-state index in [1.54, 1.807) is 6.92 Å². The van der Waals surface area contributed by atoms with Crippen molar-refractivity contribution in [1.82, 2.24) is 4.98 Å². The summed E-state index contributed by atoms with van der Waals surface area (Å²) in [6.45, 7) is 2.41. The van der Waals surface area contributed by atoms with Gasteiger partial charge in [0, 0.05) is 19.6 Å². The molecular weight excluding hydrogens is 272 g/mol. The van der Waals surface area contributed by atoms with Gasteiger partial charge in [0.1, 0.15) is 22.1 Å². The van der Waals surface area contributed by atoms with E-state index >= 15 is 0 Å². The molecule has 1 aromatic heterocycles. The highest BCUT2D eigenvalue weighted by Crippen LogP contribution is 2.26. The molecule has 0 spiro atoms. The fourth-order valence-corrected chi connectivity index (χ4v) is 2.13. The summed E-state index contributed by atoms with van der Waals surface area (Å²) in [7, 11) is 0. The van der Waals surface area contributed by atoms with Gasteiger partial charge in [-0.15, -0.1) is 0 Å². The molecule has 0 bridgehead atoms. The lowest BCUT2D eigenvalue weighted by atomic mass is 9.97. The fraction of sp³-hybridized carbons (Fsp3) is 0.500. The molecule has 1 saturated heterocycles. The van der Waals surface area contributed by atoms with Gasteiger partial charge in [-0.2, -0.15) is 0 Å². The number of halogens is 1. The third-order valence-electron chi connectivity index (χ3n) is 3.31. The zero-order valence-corrected chi connectivity index (χ0v) is 11.1. The molecule has 2 rings (SSSR count). The van der Waals surface area contributed by atoms with Gasteiger partial charge in [0.15, 0.2) is 0 Å². The maximum absolute atomic E-state index is 11.1. The molecule has 1 aromatic rings. The van der Waals surface area contributed by atoms with Crippen molar-refractivity contribution >= 4 is 23.4 Å². The van der Waals surface area contributed by atoms with Crippen molar-refractivity contribution in [2.75, 3.05) is 18.5 Å². The quantitative estimate of drug-likeness (QED) is 0.725. The Labute approximate surface area is 115 Å². The lowest BCUT2D eigenvalue weighted by molar-refractivity contribution is -0.0176. The molecule has 3 N–H and O–H groups in total. The van der Waals surface area contributed by atoms with Gasteiger partial charge >= 0.3 is 5.97 Å². The average molecular weight is 287 g/mol. The summed E-state index contributed by atoms with van der Waals surface area (Å²) in [5, 5.41) is 22.4. The van der Waals surface area contributed by atoms with Crippen molar-refractivity contribution < 1.29 is 19.7 Å². The van der Waals surface area contributed by atoms with Gasteiger partial charge in [-0.3, -0.25) is 0 Å². The Morgan fingerprint density at radius 3 is 3.00 bits per heavy atom. The van der Waals surface area contributed by atoms with E-state index in [-0.39, 0.29) is 29.2 Å². The van der Waals surface area contributed by atoms with Gasteiger partial charge in [-0.25, -0.2) is 9.78 Å². The van der Waals surface area contributed by atoms with Crippen molar-refractivity contribution in [3.8, 4) is 0 Å². The number of hydrogen-bond acceptors (Lipinski definition) is 5. The Balaban J connectivity index is 2.15. The van der Waals surface area contributed by atoms with Gasteiger partial charge in [0.25, 0.3) is 0 Å². The highest BCUT2D eigenvalue weighted by Gasteiger charge is 2.39. The standard InChI is InChI=1S/C12H15ClN2O4/c1-7-12(18,4-5-19-7)6-14-10-8(11(16)17)2-3-9(13)15-10/h2-3,7,18H,4-6H2,1H3,(H,14,15)(H,16,17). The number of ether oxygens (including phenoxy) is 1. The highest BCUT2D eigenvalue weighted by molar-refractivity contribution is 6.29. The zero-order valence-electron chi connectivity index (χ0n) is 10.4. The minimum absolute atomic E-state index is 0.0135. The lowest BCUT2D eigenvalue weighted by Crippen LogP contribution is -2.43. The topological polar surface area (TPSA) is 91.7 Å². The fourth-order valence-electron chi connectivity index (χ4n) is 1.98. The second-order valence-corrected chi connectivity index (χ2v) is 4.94. The van der Waals surface area contributed by atoms with Crippen molar-refractivity contribution in [1.29, 1.82) is 0 Å². The Kier molecular flexibility index (Phi) is 3.93. The van der Waals surface area contributed by atoms with Gasteiger partial charge in [-0.05, 0) is 19.1 Å². The van der Waals surface area contributed by atoms with E-state index in [1.165, 1.54) is 12.1 Å². The van der Waals surface area contributed by atoms with Crippen LogP contribution in [0.5, 0.6) is 0 Å². The summed E-state index contributed by atoms with van der Waals surface area (Å²) in [6, 6.07) is 2.78. The maximum Gasteiger partial charge on any atom is 0.339 e. The smallest absolute Gasteiger partial charge is 0.339 e. The first kappa shape index (κ1) is 14.0. The molecule has 0 aliphatic carbocycles. The molecule has 104 valence electrons. The number of pyridine rings is 1.